The number of nitrogens with one attached hydrogen (secondary N) is 1. The third kappa shape index (κ3) is 4.01. The van der Waals surface area contributed by atoms with Crippen LogP contribution >= 0.6 is 0 Å². The molecule has 178 valence electrons. The molecule has 34 heavy (non-hydrogen) atoms. The zero-order valence-corrected chi connectivity index (χ0v) is 18.4. The van der Waals surface area contributed by atoms with Gasteiger partial charge in [0.25, 0.3) is 0 Å². The molecule has 9 nitrogen and oxygen atoms in total. The molecule has 2 heterocycles. The number of fused-ring (bicyclic) bond motifs is 3. The fourth-order valence-electron chi connectivity index (χ4n) is 5.24. The van der Waals surface area contributed by atoms with Crippen molar-refractivity contribution in [2.75, 3.05) is 26.4 Å². The molecule has 9 heteroatoms. The number of alkyl carbamates (subject to hydrolysis) is 1. The van der Waals surface area contributed by atoms with Gasteiger partial charge in [-0.2, -0.15) is 0 Å². The van der Waals surface area contributed by atoms with Crippen LogP contribution in [0.25, 0.3) is 11.1 Å². The van der Waals surface area contributed by atoms with Crippen LogP contribution < -0.4 is 5.32 Å². The molecule has 0 spiro atoms. The fourth-order valence-corrected chi connectivity index (χ4v) is 5.24. The number of aliphatic hydroxyl groups is 1. The van der Waals surface area contributed by atoms with Crippen LogP contribution in [0.2, 0.25) is 0 Å². The van der Waals surface area contributed by atoms with E-state index in [1.165, 1.54) is 4.90 Å². The number of hydrogen-bond acceptors (Lipinski definition) is 6. The summed E-state index contributed by atoms with van der Waals surface area (Å²) in [7, 11) is 0. The molecule has 2 aromatic carbocycles. The third-order valence-electron chi connectivity index (χ3n) is 6.89. The molecule has 2 amide bonds. The summed E-state index contributed by atoms with van der Waals surface area (Å²) in [4.78, 5) is 38.3. The maximum absolute atomic E-state index is 13.0. The van der Waals surface area contributed by atoms with Gasteiger partial charge in [-0.3, -0.25) is 4.79 Å². The Morgan fingerprint density at radius 2 is 1.68 bits per heavy atom. The molecule has 4 atom stereocenters. The molecule has 3 N–H and O–H groups in total. The summed E-state index contributed by atoms with van der Waals surface area (Å²) in [6.45, 7) is 0.274. The number of carbonyl (C=O) groups excluding carboxylic acids is 2. The Balaban J connectivity index is 1.23. The number of hydrogen-bond donors (Lipinski definition) is 3. The van der Waals surface area contributed by atoms with Crippen molar-refractivity contribution in [1.29, 1.82) is 0 Å². The largest absolute Gasteiger partial charge is 0.480 e. The first-order valence-corrected chi connectivity index (χ1v) is 11.3. The highest BCUT2D eigenvalue weighted by molar-refractivity contribution is 5.87. The van der Waals surface area contributed by atoms with E-state index in [1.807, 2.05) is 36.4 Å². The van der Waals surface area contributed by atoms with Crippen LogP contribution in [0.5, 0.6) is 0 Å². The molecule has 0 aromatic heterocycles. The van der Waals surface area contributed by atoms with E-state index < -0.39 is 42.1 Å². The fraction of sp³-hybridized carbons (Fsp3) is 0.400. The van der Waals surface area contributed by atoms with Crippen molar-refractivity contribution in [1.82, 2.24) is 10.2 Å². The van der Waals surface area contributed by atoms with E-state index in [1.54, 1.807) is 0 Å². The SMILES string of the molecule is O=C(NC1COCC1C(=O)N1C[C@H](O)C[C@H]1C(=O)O)OCC1c2ccccc2-c2ccccc21. The van der Waals surface area contributed by atoms with Gasteiger partial charge in [0.15, 0.2) is 0 Å². The van der Waals surface area contributed by atoms with Gasteiger partial charge in [0.1, 0.15) is 12.6 Å². The molecule has 2 unspecified atom stereocenters. The number of carboxylic acids is 1. The van der Waals surface area contributed by atoms with Gasteiger partial charge >= 0.3 is 12.1 Å². The van der Waals surface area contributed by atoms with Crippen LogP contribution in [0.4, 0.5) is 4.79 Å². The summed E-state index contributed by atoms with van der Waals surface area (Å²) in [5.74, 6) is -2.44. The maximum Gasteiger partial charge on any atom is 0.407 e. The van der Waals surface area contributed by atoms with Gasteiger partial charge in [0.05, 0.1) is 31.3 Å². The lowest BCUT2D eigenvalue weighted by Crippen LogP contribution is -2.50. The van der Waals surface area contributed by atoms with E-state index >= 15 is 0 Å². The number of likely N-dealkylation sites (tertiary alicyclic amines) is 1. The minimum atomic E-state index is -1.16. The second-order valence-electron chi connectivity index (χ2n) is 8.95. The number of rotatable bonds is 5. The van der Waals surface area contributed by atoms with Crippen LogP contribution in [-0.4, -0.2) is 77.6 Å². The van der Waals surface area contributed by atoms with Gasteiger partial charge in [-0.25, -0.2) is 9.59 Å². The number of aliphatic carboxylic acids is 1. The smallest absolute Gasteiger partial charge is 0.407 e. The quantitative estimate of drug-likeness (QED) is 0.611. The first kappa shape index (κ1) is 22.4. The monoisotopic (exact) mass is 466 g/mol. The molecule has 3 aliphatic rings. The van der Waals surface area contributed by atoms with E-state index in [-0.39, 0.29) is 38.7 Å². The molecule has 5 rings (SSSR count). The number of carboxylic acid groups (broad SMARTS) is 1. The summed E-state index contributed by atoms with van der Waals surface area (Å²) in [6, 6.07) is 14.3. The molecule has 2 aliphatic heterocycles. The average molecular weight is 466 g/mol. The lowest BCUT2D eigenvalue weighted by molar-refractivity contribution is -0.150. The topological polar surface area (TPSA) is 125 Å². The van der Waals surface area contributed by atoms with Crippen LogP contribution in [-0.2, 0) is 19.1 Å². The minimum Gasteiger partial charge on any atom is -0.480 e. The third-order valence-corrected chi connectivity index (χ3v) is 6.89. The molecule has 1 aliphatic carbocycles. The number of carbonyl (C=O) groups is 3. The van der Waals surface area contributed by atoms with E-state index in [0.717, 1.165) is 22.3 Å². The lowest BCUT2D eigenvalue weighted by Gasteiger charge is -2.27. The van der Waals surface area contributed by atoms with Crippen molar-refractivity contribution in [2.24, 2.45) is 5.92 Å². The first-order chi connectivity index (χ1) is 16.4. The van der Waals surface area contributed by atoms with Crippen molar-refractivity contribution >= 4 is 18.0 Å². The summed E-state index contributed by atoms with van der Waals surface area (Å²) in [5, 5.41) is 22.0. The number of nitrogens with zero attached hydrogens (tertiary/aromatic N) is 1. The first-order valence-electron chi connectivity index (χ1n) is 11.3. The molecule has 2 fully saturated rings. The van der Waals surface area contributed by atoms with Crippen LogP contribution in [0, 0.1) is 5.92 Å². The molecule has 0 saturated carbocycles. The molecule has 0 bridgehead atoms. The summed E-state index contributed by atoms with van der Waals surface area (Å²) >= 11 is 0. The second-order valence-corrected chi connectivity index (χ2v) is 8.95. The van der Waals surface area contributed by atoms with Crippen molar-refractivity contribution in [3.63, 3.8) is 0 Å². The predicted octanol–water partition coefficient (Wildman–Crippen LogP) is 1.59. The summed E-state index contributed by atoms with van der Waals surface area (Å²) in [5.41, 5.74) is 4.45. The Hall–Kier alpha value is -3.43. The van der Waals surface area contributed by atoms with E-state index in [2.05, 4.69) is 17.4 Å². The molecular formula is C25H26N2O7. The summed E-state index contributed by atoms with van der Waals surface area (Å²) < 4.78 is 11.0. The van der Waals surface area contributed by atoms with Gasteiger partial charge < -0.3 is 29.9 Å². The zero-order valence-electron chi connectivity index (χ0n) is 18.4. The van der Waals surface area contributed by atoms with Crippen LogP contribution in [0.15, 0.2) is 48.5 Å². The number of ether oxygens (including phenoxy) is 2. The van der Waals surface area contributed by atoms with Crippen LogP contribution in [0.3, 0.4) is 0 Å². The highest BCUT2D eigenvalue weighted by Gasteiger charge is 2.45. The van der Waals surface area contributed by atoms with Crippen molar-refractivity contribution in [3.05, 3.63) is 59.7 Å². The number of amides is 2. The Bertz CT molecular complexity index is 1070. The number of β-amino-alcohol motifs (C(OH)–C–C–N with tert-alkyl or cyclic N) is 1. The Labute approximate surface area is 196 Å². The van der Waals surface area contributed by atoms with Crippen LogP contribution in [0.1, 0.15) is 23.5 Å². The van der Waals surface area contributed by atoms with E-state index in [4.69, 9.17) is 9.47 Å². The molecule has 2 aromatic rings. The Kier molecular flexibility index (Phi) is 5.97. The van der Waals surface area contributed by atoms with Gasteiger partial charge in [0.2, 0.25) is 5.91 Å². The van der Waals surface area contributed by atoms with E-state index in [0.29, 0.717) is 0 Å². The normalized spacial score (nSPS) is 25.6. The zero-order chi connectivity index (χ0) is 23.8. The van der Waals surface area contributed by atoms with Crippen molar-refractivity contribution < 1.29 is 34.1 Å². The van der Waals surface area contributed by atoms with Gasteiger partial charge in [-0.15, -0.1) is 0 Å². The van der Waals surface area contributed by atoms with E-state index in [9.17, 15) is 24.6 Å². The Morgan fingerprint density at radius 1 is 1.03 bits per heavy atom. The van der Waals surface area contributed by atoms with Gasteiger partial charge in [-0.1, -0.05) is 48.5 Å². The highest BCUT2D eigenvalue weighted by atomic mass is 16.5. The van der Waals surface area contributed by atoms with Gasteiger partial charge in [-0.05, 0) is 22.3 Å². The molecular weight excluding hydrogens is 440 g/mol. The maximum atomic E-state index is 13.0. The van der Waals surface area contributed by atoms with Crippen molar-refractivity contribution in [2.45, 2.75) is 30.5 Å². The van der Waals surface area contributed by atoms with Crippen molar-refractivity contribution in [3.8, 4) is 11.1 Å². The second kappa shape index (κ2) is 9.08. The Morgan fingerprint density at radius 3 is 2.32 bits per heavy atom. The summed E-state index contributed by atoms with van der Waals surface area (Å²) in [6.07, 6.45) is -1.56. The van der Waals surface area contributed by atoms with Gasteiger partial charge in [0, 0.05) is 18.9 Å². The predicted molar refractivity (Wildman–Crippen MR) is 120 cm³/mol. The average Bonchev–Trinajstić information content (AvgIpc) is 3.53. The molecule has 2 saturated heterocycles. The number of benzene rings is 2. The highest BCUT2D eigenvalue weighted by Crippen LogP contribution is 2.44. The standard InChI is InChI=1S/C25H26N2O7/c28-14-9-22(24(30)31)27(10-14)23(29)20-11-33-13-21(20)26-25(32)34-12-19-17-7-3-1-5-15(17)16-6-2-4-8-18(16)19/h1-8,14,19-22,28H,9-13H2,(H,26,32)(H,30,31)/t14-,20?,21?,22+/m1/s1. The minimum absolute atomic E-state index is 0.0148. The number of aliphatic hydroxyl groups excluding tert-OH is 1. The lowest BCUT2D eigenvalue weighted by atomic mass is 9.98. The molecule has 0 radical (unpaired) electrons.